The number of aliphatic hydroxyl groups excluding tert-OH is 1. The van der Waals surface area contributed by atoms with Gasteiger partial charge in [-0.25, -0.2) is 0 Å². The monoisotopic (exact) mass is 185 g/mol. The van der Waals surface area contributed by atoms with Crippen molar-refractivity contribution in [2.24, 2.45) is 5.41 Å². The second-order valence-electron chi connectivity index (χ2n) is 5.24. The molecule has 2 nitrogen and oxygen atoms in total. The Morgan fingerprint density at radius 1 is 1.15 bits per heavy atom. The molecule has 13 heavy (non-hydrogen) atoms. The van der Waals surface area contributed by atoms with Crippen LogP contribution >= 0.6 is 0 Å². The van der Waals surface area contributed by atoms with E-state index in [1.165, 1.54) is 25.7 Å². The van der Waals surface area contributed by atoms with Gasteiger partial charge >= 0.3 is 0 Å². The van der Waals surface area contributed by atoms with Crippen molar-refractivity contribution in [1.29, 1.82) is 0 Å². The molecule has 0 aromatic heterocycles. The second-order valence-corrected chi connectivity index (χ2v) is 5.24. The Bertz CT molecular complexity index is 177. The fourth-order valence-electron chi connectivity index (χ4n) is 2.39. The molecule has 2 N–H and O–H groups in total. The van der Waals surface area contributed by atoms with E-state index in [0.717, 1.165) is 0 Å². The van der Waals surface area contributed by atoms with Crippen molar-refractivity contribution < 1.29 is 5.11 Å². The van der Waals surface area contributed by atoms with E-state index >= 15 is 0 Å². The number of hydrogen-bond acceptors (Lipinski definition) is 2. The Morgan fingerprint density at radius 3 is 2.15 bits per heavy atom. The Morgan fingerprint density at radius 2 is 1.69 bits per heavy atom. The minimum Gasteiger partial charge on any atom is -0.379 e. The summed E-state index contributed by atoms with van der Waals surface area (Å²) in [6.07, 6.45) is 4.63. The van der Waals surface area contributed by atoms with E-state index in [0.29, 0.717) is 5.41 Å². The normalized spacial score (nSPS) is 35.8. The van der Waals surface area contributed by atoms with Crippen LogP contribution in [0.2, 0.25) is 0 Å². The number of rotatable bonds is 2. The molecule has 2 atom stereocenters. The van der Waals surface area contributed by atoms with Crippen molar-refractivity contribution in [2.45, 2.75) is 65.1 Å². The highest BCUT2D eigenvalue weighted by Gasteiger charge is 2.42. The third-order valence-electron chi connectivity index (χ3n) is 3.75. The average molecular weight is 185 g/mol. The lowest BCUT2D eigenvalue weighted by Gasteiger charge is -2.49. The molecule has 1 saturated carbocycles. The molecule has 1 fully saturated rings. The molecule has 0 bridgehead atoms. The van der Waals surface area contributed by atoms with Crippen molar-refractivity contribution >= 4 is 0 Å². The van der Waals surface area contributed by atoms with E-state index in [4.69, 9.17) is 0 Å². The third-order valence-corrected chi connectivity index (χ3v) is 3.75. The minimum atomic E-state index is -0.401. The Balaban J connectivity index is 2.72. The number of aliphatic hydroxyl groups is 1. The van der Waals surface area contributed by atoms with E-state index in [9.17, 15) is 5.11 Å². The predicted octanol–water partition coefficient (Wildman–Crippen LogP) is 2.27. The minimum absolute atomic E-state index is 0.0966. The van der Waals surface area contributed by atoms with Gasteiger partial charge in [0.05, 0.1) is 0 Å². The van der Waals surface area contributed by atoms with E-state index in [1.807, 2.05) is 0 Å². The van der Waals surface area contributed by atoms with Gasteiger partial charge in [-0.15, -0.1) is 0 Å². The molecule has 1 rings (SSSR count). The molecule has 78 valence electrons. The number of nitrogens with one attached hydrogen (secondary N) is 1. The lowest BCUT2D eigenvalue weighted by Crippen LogP contribution is -2.58. The highest BCUT2D eigenvalue weighted by Crippen LogP contribution is 2.43. The van der Waals surface area contributed by atoms with Crippen LogP contribution < -0.4 is 5.32 Å². The van der Waals surface area contributed by atoms with Crippen LogP contribution in [-0.4, -0.2) is 16.9 Å². The molecular weight excluding hydrogens is 162 g/mol. The Hall–Kier alpha value is -0.0800. The zero-order valence-corrected chi connectivity index (χ0v) is 9.35. The smallest absolute Gasteiger partial charge is 0.102 e. The van der Waals surface area contributed by atoms with Crippen LogP contribution in [0.4, 0.5) is 0 Å². The molecular formula is C11H23NO. The standard InChI is InChI=1S/C11H23NO/c1-9(13)12-11(4)8-6-5-7-10(11,2)3/h9,12-13H,5-8H2,1-4H3. The molecule has 0 radical (unpaired) electrons. The van der Waals surface area contributed by atoms with Crippen molar-refractivity contribution in [1.82, 2.24) is 5.32 Å². The summed E-state index contributed by atoms with van der Waals surface area (Å²) in [4.78, 5) is 0. The zero-order chi connectivity index (χ0) is 10.1. The number of hydrogen-bond donors (Lipinski definition) is 2. The van der Waals surface area contributed by atoms with Gasteiger partial charge in [-0.1, -0.05) is 26.7 Å². The maximum Gasteiger partial charge on any atom is 0.102 e. The first-order valence-corrected chi connectivity index (χ1v) is 5.33. The largest absolute Gasteiger partial charge is 0.379 e. The van der Waals surface area contributed by atoms with Gasteiger partial charge in [-0.05, 0) is 32.1 Å². The quantitative estimate of drug-likeness (QED) is 0.647. The molecule has 0 aromatic carbocycles. The summed E-state index contributed by atoms with van der Waals surface area (Å²) in [5, 5.41) is 12.7. The molecule has 0 saturated heterocycles. The molecule has 1 aliphatic carbocycles. The summed E-state index contributed by atoms with van der Waals surface area (Å²) in [5.41, 5.74) is 0.391. The van der Waals surface area contributed by atoms with E-state index in [-0.39, 0.29) is 5.54 Å². The van der Waals surface area contributed by atoms with Crippen LogP contribution in [0.5, 0.6) is 0 Å². The van der Waals surface area contributed by atoms with E-state index < -0.39 is 6.23 Å². The molecule has 0 heterocycles. The van der Waals surface area contributed by atoms with Crippen LogP contribution in [-0.2, 0) is 0 Å². The first-order chi connectivity index (χ1) is 5.87. The van der Waals surface area contributed by atoms with Crippen LogP contribution in [0.1, 0.15) is 53.4 Å². The lowest BCUT2D eigenvalue weighted by molar-refractivity contribution is 0.0183. The lowest BCUT2D eigenvalue weighted by atomic mass is 9.64. The molecule has 0 spiro atoms. The topological polar surface area (TPSA) is 32.3 Å². The maximum absolute atomic E-state index is 9.39. The van der Waals surface area contributed by atoms with Gasteiger partial charge in [0.2, 0.25) is 0 Å². The van der Waals surface area contributed by atoms with Crippen molar-refractivity contribution in [3.8, 4) is 0 Å². The van der Waals surface area contributed by atoms with Gasteiger partial charge in [0, 0.05) is 5.54 Å². The van der Waals surface area contributed by atoms with Crippen LogP contribution in [0, 0.1) is 5.41 Å². The summed E-state index contributed by atoms with van der Waals surface area (Å²) in [6, 6.07) is 0. The van der Waals surface area contributed by atoms with Gasteiger partial charge in [0.15, 0.2) is 0 Å². The van der Waals surface area contributed by atoms with Crippen LogP contribution in [0.15, 0.2) is 0 Å². The molecule has 1 aliphatic rings. The van der Waals surface area contributed by atoms with Gasteiger partial charge in [-0.2, -0.15) is 0 Å². The predicted molar refractivity (Wildman–Crippen MR) is 55.5 cm³/mol. The summed E-state index contributed by atoms with van der Waals surface area (Å²) in [6.45, 7) is 8.62. The highest BCUT2D eigenvalue weighted by atomic mass is 16.3. The summed E-state index contributed by atoms with van der Waals surface area (Å²) < 4.78 is 0. The van der Waals surface area contributed by atoms with Crippen LogP contribution in [0.25, 0.3) is 0 Å². The van der Waals surface area contributed by atoms with E-state index in [2.05, 4.69) is 26.1 Å². The fourth-order valence-corrected chi connectivity index (χ4v) is 2.39. The Labute approximate surface area is 81.7 Å². The zero-order valence-electron chi connectivity index (χ0n) is 9.35. The fraction of sp³-hybridized carbons (Fsp3) is 1.00. The van der Waals surface area contributed by atoms with Gasteiger partial charge < -0.3 is 5.11 Å². The molecule has 0 aliphatic heterocycles. The summed E-state index contributed by atoms with van der Waals surface area (Å²) in [5.74, 6) is 0. The van der Waals surface area contributed by atoms with Crippen molar-refractivity contribution in [3.63, 3.8) is 0 Å². The maximum atomic E-state index is 9.39. The average Bonchev–Trinajstić information content (AvgIpc) is 1.94. The Kier molecular flexibility index (Phi) is 3.03. The van der Waals surface area contributed by atoms with Crippen molar-refractivity contribution in [3.05, 3.63) is 0 Å². The molecule has 2 heteroatoms. The molecule has 2 unspecified atom stereocenters. The highest BCUT2D eigenvalue weighted by molar-refractivity contribution is 4.99. The summed E-state index contributed by atoms with van der Waals surface area (Å²) >= 11 is 0. The first-order valence-electron chi connectivity index (χ1n) is 5.33. The van der Waals surface area contributed by atoms with Gasteiger partial charge in [0.1, 0.15) is 6.23 Å². The van der Waals surface area contributed by atoms with Crippen LogP contribution in [0.3, 0.4) is 0 Å². The van der Waals surface area contributed by atoms with Gasteiger partial charge in [0.25, 0.3) is 0 Å². The third kappa shape index (κ3) is 2.23. The summed E-state index contributed by atoms with van der Waals surface area (Å²) in [7, 11) is 0. The first kappa shape index (κ1) is 11.0. The molecule has 0 amide bonds. The SMILES string of the molecule is CC(O)NC1(C)CCCCC1(C)C. The second kappa shape index (κ2) is 3.58. The van der Waals surface area contributed by atoms with Crippen molar-refractivity contribution in [2.75, 3.05) is 0 Å². The van der Waals surface area contributed by atoms with Gasteiger partial charge in [-0.3, -0.25) is 5.32 Å². The van der Waals surface area contributed by atoms with E-state index in [1.54, 1.807) is 6.92 Å². The molecule has 0 aromatic rings.